The van der Waals surface area contributed by atoms with Gasteiger partial charge in [-0.2, -0.15) is 26.3 Å². The number of ether oxygens (including phenoxy) is 1. The summed E-state index contributed by atoms with van der Waals surface area (Å²) < 4.78 is 84.7. The first kappa shape index (κ1) is 18.7. The minimum atomic E-state index is -4.70. The summed E-state index contributed by atoms with van der Waals surface area (Å²) in [6, 6.07) is 3.32. The maximum absolute atomic E-state index is 13.4. The van der Waals surface area contributed by atoms with Crippen LogP contribution in [0.2, 0.25) is 0 Å². The van der Waals surface area contributed by atoms with Gasteiger partial charge in [0.2, 0.25) is 0 Å². The molecule has 24 heavy (non-hydrogen) atoms. The van der Waals surface area contributed by atoms with Gasteiger partial charge in [-0.15, -0.1) is 0 Å². The van der Waals surface area contributed by atoms with E-state index in [2.05, 4.69) is 0 Å². The normalized spacial score (nSPS) is 28.0. The summed E-state index contributed by atoms with van der Waals surface area (Å²) in [6.07, 6.45) is -7.99. The summed E-state index contributed by atoms with van der Waals surface area (Å²) in [5.74, 6) is -3.57. The lowest BCUT2D eigenvalue weighted by atomic mass is 9.76. The molecule has 0 aromatic heterocycles. The molecule has 0 spiro atoms. The summed E-state index contributed by atoms with van der Waals surface area (Å²) >= 11 is 0. The topological polar surface area (TPSA) is 9.23 Å². The maximum Gasteiger partial charge on any atom is 0.419 e. The second kappa shape index (κ2) is 6.33. The van der Waals surface area contributed by atoms with E-state index in [0.29, 0.717) is 5.56 Å². The van der Waals surface area contributed by atoms with Crippen molar-refractivity contribution < 1.29 is 31.1 Å². The zero-order valence-electron chi connectivity index (χ0n) is 13.4. The molecule has 0 N–H and O–H groups in total. The minimum absolute atomic E-state index is 0.337. The number of hydrogen-bond donors (Lipinski definition) is 0. The summed E-state index contributed by atoms with van der Waals surface area (Å²) in [5.41, 5.74) is -0.716. The number of benzene rings is 1. The van der Waals surface area contributed by atoms with Crippen LogP contribution in [0.15, 0.2) is 30.4 Å². The molecule has 0 aliphatic heterocycles. The SMILES string of the molecule is Cc1ccc(OC2C=CC(C)C(C)C2C(F)(F)F)c(C(F)(F)F)c1. The lowest BCUT2D eigenvalue weighted by molar-refractivity contribution is -0.209. The largest absolute Gasteiger partial charge is 0.485 e. The third kappa shape index (κ3) is 3.87. The molecular formula is C17H18F6O. The molecule has 0 radical (unpaired) electrons. The lowest BCUT2D eigenvalue weighted by Gasteiger charge is -2.37. The molecule has 0 fully saturated rings. The van der Waals surface area contributed by atoms with Crippen molar-refractivity contribution in [3.05, 3.63) is 41.5 Å². The van der Waals surface area contributed by atoms with Crippen LogP contribution in [0.1, 0.15) is 25.0 Å². The first-order valence-corrected chi connectivity index (χ1v) is 7.51. The summed E-state index contributed by atoms with van der Waals surface area (Å²) in [6.45, 7) is 4.55. The second-order valence-corrected chi connectivity index (χ2v) is 6.25. The van der Waals surface area contributed by atoms with Crippen LogP contribution in [0.5, 0.6) is 5.75 Å². The van der Waals surface area contributed by atoms with Crippen molar-refractivity contribution in [2.24, 2.45) is 17.8 Å². The molecule has 4 atom stereocenters. The number of allylic oxidation sites excluding steroid dienone is 1. The smallest absolute Gasteiger partial charge is 0.419 e. The molecule has 1 aliphatic carbocycles. The molecule has 1 aliphatic rings. The van der Waals surface area contributed by atoms with E-state index < -0.39 is 41.6 Å². The van der Waals surface area contributed by atoms with Crippen LogP contribution in [0.4, 0.5) is 26.3 Å². The second-order valence-electron chi connectivity index (χ2n) is 6.25. The predicted octanol–water partition coefficient (Wildman–Crippen LogP) is 5.78. The van der Waals surface area contributed by atoms with Crippen molar-refractivity contribution in [1.29, 1.82) is 0 Å². The molecule has 7 heteroatoms. The van der Waals surface area contributed by atoms with Crippen LogP contribution in [0.3, 0.4) is 0 Å². The van der Waals surface area contributed by atoms with Crippen LogP contribution in [0.25, 0.3) is 0 Å². The van der Waals surface area contributed by atoms with Crippen molar-refractivity contribution in [3.63, 3.8) is 0 Å². The molecule has 1 aromatic carbocycles. The average molecular weight is 352 g/mol. The van der Waals surface area contributed by atoms with Gasteiger partial charge in [0, 0.05) is 0 Å². The fourth-order valence-corrected chi connectivity index (χ4v) is 2.92. The Balaban J connectivity index is 2.41. The molecule has 1 nitrogen and oxygen atoms in total. The van der Waals surface area contributed by atoms with E-state index >= 15 is 0 Å². The van der Waals surface area contributed by atoms with E-state index in [0.717, 1.165) is 12.1 Å². The minimum Gasteiger partial charge on any atom is -0.485 e. The van der Waals surface area contributed by atoms with Gasteiger partial charge in [-0.1, -0.05) is 31.6 Å². The Kier molecular flexibility index (Phi) is 4.93. The first-order valence-electron chi connectivity index (χ1n) is 7.51. The Morgan fingerprint density at radius 3 is 2.12 bits per heavy atom. The van der Waals surface area contributed by atoms with Gasteiger partial charge in [0.1, 0.15) is 11.9 Å². The highest BCUT2D eigenvalue weighted by Crippen LogP contribution is 2.44. The number of hydrogen-bond acceptors (Lipinski definition) is 1. The molecule has 1 aromatic rings. The Morgan fingerprint density at radius 1 is 0.958 bits per heavy atom. The number of rotatable bonds is 2. The van der Waals surface area contributed by atoms with E-state index in [1.165, 1.54) is 26.0 Å². The van der Waals surface area contributed by atoms with Crippen molar-refractivity contribution in [2.75, 3.05) is 0 Å². The third-order valence-corrected chi connectivity index (χ3v) is 4.44. The maximum atomic E-state index is 13.4. The molecule has 0 saturated carbocycles. The third-order valence-electron chi connectivity index (χ3n) is 4.44. The Morgan fingerprint density at radius 2 is 1.58 bits per heavy atom. The zero-order chi connectivity index (χ0) is 18.3. The van der Waals surface area contributed by atoms with Crippen molar-refractivity contribution >= 4 is 0 Å². The van der Waals surface area contributed by atoms with Crippen LogP contribution in [-0.4, -0.2) is 12.3 Å². The van der Waals surface area contributed by atoms with E-state index in [-0.39, 0.29) is 5.92 Å². The average Bonchev–Trinajstić information content (AvgIpc) is 2.42. The Bertz CT molecular complexity index is 616. The van der Waals surface area contributed by atoms with Gasteiger partial charge < -0.3 is 4.74 Å². The highest BCUT2D eigenvalue weighted by Gasteiger charge is 2.51. The number of aryl methyl sites for hydroxylation is 1. The molecular weight excluding hydrogens is 334 g/mol. The fourth-order valence-electron chi connectivity index (χ4n) is 2.92. The van der Waals surface area contributed by atoms with Crippen LogP contribution in [-0.2, 0) is 6.18 Å². The zero-order valence-corrected chi connectivity index (χ0v) is 13.4. The highest BCUT2D eigenvalue weighted by molar-refractivity contribution is 5.39. The Labute approximate surface area is 136 Å². The highest BCUT2D eigenvalue weighted by atomic mass is 19.4. The molecule has 134 valence electrons. The van der Waals surface area contributed by atoms with Crippen molar-refractivity contribution in [3.8, 4) is 5.75 Å². The van der Waals surface area contributed by atoms with Crippen molar-refractivity contribution in [1.82, 2.24) is 0 Å². The first-order chi connectivity index (χ1) is 10.9. The lowest BCUT2D eigenvalue weighted by Crippen LogP contribution is -2.45. The molecule has 2 rings (SSSR count). The van der Waals surface area contributed by atoms with E-state index in [1.807, 2.05) is 0 Å². The van der Waals surface area contributed by atoms with E-state index in [4.69, 9.17) is 4.74 Å². The summed E-state index contributed by atoms with van der Waals surface area (Å²) in [7, 11) is 0. The molecule has 0 bridgehead atoms. The van der Waals surface area contributed by atoms with Crippen LogP contribution >= 0.6 is 0 Å². The van der Waals surface area contributed by atoms with E-state index in [9.17, 15) is 26.3 Å². The summed E-state index contributed by atoms with van der Waals surface area (Å²) in [5, 5.41) is 0. The van der Waals surface area contributed by atoms with Crippen LogP contribution < -0.4 is 4.74 Å². The standard InChI is InChI=1S/C17H18F6O/c1-9-4-6-13(12(8-9)16(18,19)20)24-14-7-5-10(2)11(3)15(14)17(21,22)23/h4-8,10-11,14-15H,1-3H3. The van der Waals surface area contributed by atoms with Gasteiger partial charge in [0.05, 0.1) is 11.5 Å². The van der Waals surface area contributed by atoms with Gasteiger partial charge in [-0.3, -0.25) is 0 Å². The van der Waals surface area contributed by atoms with Crippen molar-refractivity contribution in [2.45, 2.75) is 39.2 Å². The number of halogens is 6. The fraction of sp³-hybridized carbons (Fsp3) is 0.529. The predicted molar refractivity (Wildman–Crippen MR) is 77.6 cm³/mol. The Hall–Kier alpha value is -1.66. The quantitative estimate of drug-likeness (QED) is 0.484. The van der Waals surface area contributed by atoms with Gasteiger partial charge in [0.25, 0.3) is 0 Å². The van der Waals surface area contributed by atoms with Gasteiger partial charge in [-0.05, 0) is 37.0 Å². The molecule has 0 saturated heterocycles. The van der Waals surface area contributed by atoms with Gasteiger partial charge in [-0.25, -0.2) is 0 Å². The number of alkyl halides is 6. The molecule has 0 heterocycles. The van der Waals surface area contributed by atoms with Gasteiger partial charge in [0.15, 0.2) is 0 Å². The molecule has 4 unspecified atom stereocenters. The monoisotopic (exact) mass is 352 g/mol. The van der Waals surface area contributed by atoms with Crippen LogP contribution in [0, 0.1) is 24.7 Å². The van der Waals surface area contributed by atoms with Gasteiger partial charge >= 0.3 is 12.4 Å². The molecule has 0 amide bonds. The summed E-state index contributed by atoms with van der Waals surface area (Å²) in [4.78, 5) is 0. The van der Waals surface area contributed by atoms with E-state index in [1.54, 1.807) is 13.0 Å².